The van der Waals surface area contributed by atoms with Crippen molar-refractivity contribution in [2.24, 2.45) is 0 Å². The van der Waals surface area contributed by atoms with E-state index in [2.05, 4.69) is 36.5 Å². The molecule has 1 atom stereocenters. The highest BCUT2D eigenvalue weighted by Crippen LogP contribution is 2.16. The van der Waals surface area contributed by atoms with Crippen molar-refractivity contribution in [3.05, 3.63) is 70.2 Å². The third-order valence-electron chi connectivity index (χ3n) is 5.04. The van der Waals surface area contributed by atoms with Crippen LogP contribution in [0.15, 0.2) is 48.5 Å². The summed E-state index contributed by atoms with van der Waals surface area (Å²) in [5, 5.41) is 3.54. The highest BCUT2D eigenvalue weighted by Gasteiger charge is 2.25. The molecule has 0 aromatic heterocycles. The van der Waals surface area contributed by atoms with Crippen LogP contribution in [0, 0.1) is 0 Å². The highest BCUT2D eigenvalue weighted by molar-refractivity contribution is 6.30. The van der Waals surface area contributed by atoms with Crippen LogP contribution in [0.2, 0.25) is 5.02 Å². The van der Waals surface area contributed by atoms with Gasteiger partial charge in [0.2, 0.25) is 11.8 Å². The van der Waals surface area contributed by atoms with Crippen LogP contribution >= 0.6 is 11.6 Å². The Balaban J connectivity index is 2.09. The minimum Gasteiger partial charge on any atom is -0.354 e. The summed E-state index contributed by atoms with van der Waals surface area (Å²) in [6, 6.07) is 15.2. The third-order valence-corrected chi connectivity index (χ3v) is 5.29. The van der Waals surface area contributed by atoms with E-state index in [9.17, 15) is 9.59 Å². The number of nitrogens with zero attached hydrogens (tertiary/aromatic N) is 1. The van der Waals surface area contributed by atoms with Crippen molar-refractivity contribution in [2.75, 3.05) is 6.54 Å². The van der Waals surface area contributed by atoms with Crippen molar-refractivity contribution in [1.29, 1.82) is 0 Å². The number of rotatable bonds is 10. The van der Waals surface area contributed by atoms with E-state index >= 15 is 0 Å². The molecule has 0 aliphatic rings. The van der Waals surface area contributed by atoms with Gasteiger partial charge in [-0.3, -0.25) is 9.59 Å². The Morgan fingerprint density at radius 2 is 1.55 bits per heavy atom. The van der Waals surface area contributed by atoms with Crippen LogP contribution in [-0.2, 0) is 29.0 Å². The Hall–Kier alpha value is -2.33. The normalized spacial score (nSPS) is 11.7. The second-order valence-corrected chi connectivity index (χ2v) is 7.72. The number of amides is 2. The molecule has 29 heavy (non-hydrogen) atoms. The molecule has 0 radical (unpaired) electrons. The number of benzene rings is 2. The van der Waals surface area contributed by atoms with E-state index in [-0.39, 0.29) is 11.8 Å². The van der Waals surface area contributed by atoms with Gasteiger partial charge in [-0.25, -0.2) is 0 Å². The summed E-state index contributed by atoms with van der Waals surface area (Å²) in [6.45, 7) is 6.90. The van der Waals surface area contributed by atoms with E-state index in [0.717, 1.165) is 24.0 Å². The van der Waals surface area contributed by atoms with Gasteiger partial charge in [0.05, 0.1) is 0 Å². The molecule has 1 N–H and O–H groups in total. The molecule has 2 rings (SSSR count). The van der Waals surface area contributed by atoms with Crippen molar-refractivity contribution < 1.29 is 9.59 Å². The number of halogens is 1. The molecule has 2 amide bonds. The molecule has 0 aliphatic carbocycles. The predicted octanol–water partition coefficient (Wildman–Crippen LogP) is 4.78. The molecule has 0 bridgehead atoms. The van der Waals surface area contributed by atoms with Gasteiger partial charge >= 0.3 is 0 Å². The maximum Gasteiger partial charge on any atom is 0.242 e. The minimum absolute atomic E-state index is 0.0290. The molecule has 2 aromatic carbocycles. The number of hydrogen-bond donors (Lipinski definition) is 1. The van der Waals surface area contributed by atoms with Gasteiger partial charge in [-0.2, -0.15) is 0 Å². The lowest BCUT2D eigenvalue weighted by Gasteiger charge is -2.29. The molecular weight excluding hydrogens is 384 g/mol. The molecule has 0 fully saturated rings. The highest BCUT2D eigenvalue weighted by atomic mass is 35.5. The van der Waals surface area contributed by atoms with Crippen molar-refractivity contribution in [3.63, 3.8) is 0 Å². The Kier molecular flexibility index (Phi) is 9.20. The average molecular weight is 415 g/mol. The topological polar surface area (TPSA) is 49.4 Å². The largest absolute Gasteiger partial charge is 0.354 e. The van der Waals surface area contributed by atoms with Crippen LogP contribution < -0.4 is 5.32 Å². The lowest BCUT2D eigenvalue weighted by molar-refractivity contribution is -0.140. The fourth-order valence-electron chi connectivity index (χ4n) is 3.10. The van der Waals surface area contributed by atoms with E-state index < -0.39 is 6.04 Å². The van der Waals surface area contributed by atoms with Crippen molar-refractivity contribution in [2.45, 2.75) is 59.0 Å². The molecule has 0 aliphatic heterocycles. The number of hydrogen-bond acceptors (Lipinski definition) is 2. The van der Waals surface area contributed by atoms with E-state index in [1.54, 1.807) is 24.0 Å². The minimum atomic E-state index is -0.535. The van der Waals surface area contributed by atoms with Crippen molar-refractivity contribution in [1.82, 2.24) is 10.2 Å². The van der Waals surface area contributed by atoms with Gasteiger partial charge in [0.15, 0.2) is 0 Å². The van der Waals surface area contributed by atoms with Crippen LogP contribution in [0.25, 0.3) is 0 Å². The van der Waals surface area contributed by atoms with Crippen LogP contribution in [0.5, 0.6) is 0 Å². The van der Waals surface area contributed by atoms with Gasteiger partial charge < -0.3 is 10.2 Å². The zero-order valence-corrected chi connectivity index (χ0v) is 18.3. The van der Waals surface area contributed by atoms with Gasteiger partial charge in [0.25, 0.3) is 0 Å². The summed E-state index contributed by atoms with van der Waals surface area (Å²) in [7, 11) is 0. The Bertz CT molecular complexity index is 788. The number of carbonyl (C=O) groups is 2. The van der Waals surface area contributed by atoms with Gasteiger partial charge in [0.1, 0.15) is 6.04 Å². The lowest BCUT2D eigenvalue weighted by atomic mass is 10.0. The zero-order chi connectivity index (χ0) is 21.2. The second kappa shape index (κ2) is 11.6. The smallest absolute Gasteiger partial charge is 0.242 e. The molecule has 0 saturated heterocycles. The monoisotopic (exact) mass is 414 g/mol. The Morgan fingerprint density at radius 1 is 0.966 bits per heavy atom. The quantitative estimate of drug-likeness (QED) is 0.608. The van der Waals surface area contributed by atoms with E-state index in [0.29, 0.717) is 31.0 Å². The summed E-state index contributed by atoms with van der Waals surface area (Å²) >= 11 is 5.98. The summed E-state index contributed by atoms with van der Waals surface area (Å²) in [6.07, 6.45) is 2.88. The second-order valence-electron chi connectivity index (χ2n) is 7.29. The van der Waals surface area contributed by atoms with E-state index in [4.69, 9.17) is 11.6 Å². The Labute approximate surface area is 179 Å². The van der Waals surface area contributed by atoms with Crippen LogP contribution in [-0.4, -0.2) is 29.3 Å². The standard InChI is InChI=1S/C24H31ClN2O2/c1-4-16-26-24(29)18(3)27(17-21-10-13-22(25)14-11-21)23(28)15-12-20-8-6-19(5-2)7-9-20/h6-11,13-14,18H,4-5,12,15-17H2,1-3H3,(H,26,29). The number of nitrogens with one attached hydrogen (secondary N) is 1. The first-order valence-corrected chi connectivity index (χ1v) is 10.7. The average Bonchev–Trinajstić information content (AvgIpc) is 2.75. The fraction of sp³-hybridized carbons (Fsp3) is 0.417. The van der Waals surface area contributed by atoms with Gasteiger partial charge in [-0.15, -0.1) is 0 Å². The molecule has 0 heterocycles. The molecule has 156 valence electrons. The fourth-order valence-corrected chi connectivity index (χ4v) is 3.23. The summed E-state index contributed by atoms with van der Waals surface area (Å²) < 4.78 is 0. The molecule has 0 spiro atoms. The molecule has 1 unspecified atom stereocenters. The van der Waals surface area contributed by atoms with Crippen LogP contribution in [0.4, 0.5) is 0 Å². The SMILES string of the molecule is CCCNC(=O)C(C)N(Cc1ccc(Cl)cc1)C(=O)CCc1ccc(CC)cc1. The predicted molar refractivity (Wildman–Crippen MR) is 119 cm³/mol. The first kappa shape index (κ1) is 23.0. The molecule has 2 aromatic rings. The first-order chi connectivity index (χ1) is 13.9. The number of carbonyl (C=O) groups excluding carboxylic acids is 2. The third kappa shape index (κ3) is 7.21. The molecule has 5 heteroatoms. The first-order valence-electron chi connectivity index (χ1n) is 10.3. The van der Waals surface area contributed by atoms with E-state index in [1.165, 1.54) is 5.56 Å². The lowest BCUT2D eigenvalue weighted by Crippen LogP contribution is -2.47. The summed E-state index contributed by atoms with van der Waals surface area (Å²) in [4.78, 5) is 27.2. The van der Waals surface area contributed by atoms with Crippen molar-refractivity contribution in [3.8, 4) is 0 Å². The van der Waals surface area contributed by atoms with Gasteiger partial charge in [-0.1, -0.05) is 61.8 Å². The van der Waals surface area contributed by atoms with Gasteiger partial charge in [-0.05, 0) is 55.0 Å². The maximum atomic E-state index is 13.1. The molecular formula is C24H31ClN2O2. The molecule has 4 nitrogen and oxygen atoms in total. The van der Waals surface area contributed by atoms with E-state index in [1.807, 2.05) is 19.1 Å². The number of aryl methyl sites for hydroxylation is 2. The van der Waals surface area contributed by atoms with Gasteiger partial charge in [0, 0.05) is 24.5 Å². The maximum absolute atomic E-state index is 13.1. The summed E-state index contributed by atoms with van der Waals surface area (Å²) in [5.74, 6) is -0.153. The summed E-state index contributed by atoms with van der Waals surface area (Å²) in [5.41, 5.74) is 3.36. The van der Waals surface area contributed by atoms with Crippen molar-refractivity contribution >= 4 is 23.4 Å². The molecule has 0 saturated carbocycles. The van der Waals surface area contributed by atoms with Crippen LogP contribution in [0.3, 0.4) is 0 Å². The zero-order valence-electron chi connectivity index (χ0n) is 17.6. The van der Waals surface area contributed by atoms with Crippen LogP contribution in [0.1, 0.15) is 50.3 Å². The Morgan fingerprint density at radius 3 is 2.14 bits per heavy atom.